The Kier molecular flexibility index (Phi) is 5.52. The summed E-state index contributed by atoms with van der Waals surface area (Å²) in [6, 6.07) is 1.61. The molecule has 0 N–H and O–H groups in total. The molecule has 2 fully saturated rings. The molecule has 4 heterocycles. The summed E-state index contributed by atoms with van der Waals surface area (Å²) in [7, 11) is 0. The Balaban J connectivity index is 1.42. The molecule has 2 aromatic rings. The fraction of sp³-hybridized carbons (Fsp3) is 0.667. The molecule has 2 aromatic heterocycles. The lowest BCUT2D eigenvalue weighted by Crippen LogP contribution is -2.48. The fourth-order valence-corrected chi connectivity index (χ4v) is 4.89. The maximum Gasteiger partial charge on any atom is 0.393 e. The van der Waals surface area contributed by atoms with Crippen LogP contribution in [-0.4, -0.2) is 67.0 Å². The van der Waals surface area contributed by atoms with Gasteiger partial charge in [-0.3, -0.25) is 4.90 Å². The molecule has 2 saturated heterocycles. The van der Waals surface area contributed by atoms with Crippen LogP contribution in [0.25, 0.3) is 10.2 Å². The molecule has 4 rings (SSSR count). The van der Waals surface area contributed by atoms with Gasteiger partial charge in [0.15, 0.2) is 0 Å². The third-order valence-electron chi connectivity index (χ3n) is 5.26. The number of rotatable bonds is 4. The average Bonchev–Trinajstić information content (AvgIpc) is 3.03. The van der Waals surface area contributed by atoms with Crippen molar-refractivity contribution in [3.05, 3.63) is 17.3 Å². The zero-order valence-electron chi connectivity index (χ0n) is 15.0. The van der Waals surface area contributed by atoms with Gasteiger partial charge in [-0.15, -0.1) is 11.3 Å². The molecule has 2 aliphatic rings. The zero-order chi connectivity index (χ0) is 18.9. The lowest BCUT2D eigenvalue weighted by Gasteiger charge is -2.37. The van der Waals surface area contributed by atoms with E-state index < -0.39 is 12.6 Å². The van der Waals surface area contributed by atoms with E-state index in [0.29, 0.717) is 10.7 Å². The maximum atomic E-state index is 12.7. The van der Waals surface area contributed by atoms with Gasteiger partial charge < -0.3 is 9.64 Å². The van der Waals surface area contributed by atoms with Gasteiger partial charge in [0.25, 0.3) is 0 Å². The number of aromatic nitrogens is 2. The number of hydrogen-bond acceptors (Lipinski definition) is 6. The third kappa shape index (κ3) is 4.70. The Morgan fingerprint density at radius 3 is 2.56 bits per heavy atom. The molecule has 0 aliphatic carbocycles. The standard InChI is InChI=1S/C18H23F3N4OS/c19-18(20,21)10-14-9-15-16(22-12-23-17(15)27-14)25-5-3-24(4-6-25)11-13-1-7-26-8-2-13/h9,12-13H,1-8,10-11H2. The second-order valence-electron chi connectivity index (χ2n) is 7.26. The average molecular weight is 400 g/mol. The summed E-state index contributed by atoms with van der Waals surface area (Å²) in [5, 5.41) is 0.736. The molecular formula is C18H23F3N4OS. The summed E-state index contributed by atoms with van der Waals surface area (Å²) in [5.41, 5.74) is 0. The zero-order valence-corrected chi connectivity index (χ0v) is 15.9. The van der Waals surface area contributed by atoms with Crippen LogP contribution < -0.4 is 4.90 Å². The first-order valence-electron chi connectivity index (χ1n) is 9.33. The van der Waals surface area contributed by atoms with Crippen LogP contribution in [0.15, 0.2) is 12.4 Å². The molecule has 148 valence electrons. The van der Waals surface area contributed by atoms with Crippen LogP contribution >= 0.6 is 11.3 Å². The van der Waals surface area contributed by atoms with Crippen molar-refractivity contribution >= 4 is 27.4 Å². The lowest BCUT2D eigenvalue weighted by molar-refractivity contribution is -0.126. The molecule has 0 unspecified atom stereocenters. The molecule has 5 nitrogen and oxygen atoms in total. The van der Waals surface area contributed by atoms with Gasteiger partial charge in [0, 0.05) is 50.8 Å². The minimum absolute atomic E-state index is 0.289. The first-order valence-corrected chi connectivity index (χ1v) is 10.1. The van der Waals surface area contributed by atoms with Crippen molar-refractivity contribution in [3.8, 4) is 0 Å². The third-order valence-corrected chi connectivity index (χ3v) is 6.31. The van der Waals surface area contributed by atoms with Crippen molar-refractivity contribution in [1.82, 2.24) is 14.9 Å². The Labute approximate surface area is 160 Å². The highest BCUT2D eigenvalue weighted by Crippen LogP contribution is 2.34. The van der Waals surface area contributed by atoms with Gasteiger partial charge in [0.1, 0.15) is 17.0 Å². The number of hydrogen-bond donors (Lipinski definition) is 0. The SMILES string of the molecule is FC(F)(F)Cc1cc2c(N3CCN(CC4CCOCC4)CC3)ncnc2s1. The number of halogens is 3. The van der Waals surface area contributed by atoms with E-state index in [9.17, 15) is 13.2 Å². The van der Waals surface area contributed by atoms with Crippen molar-refractivity contribution in [1.29, 1.82) is 0 Å². The second kappa shape index (κ2) is 7.89. The summed E-state index contributed by atoms with van der Waals surface area (Å²) in [6.07, 6.45) is -1.40. The second-order valence-corrected chi connectivity index (χ2v) is 8.38. The molecule has 0 aromatic carbocycles. The number of fused-ring (bicyclic) bond motifs is 1. The van der Waals surface area contributed by atoms with E-state index in [1.54, 1.807) is 6.07 Å². The monoisotopic (exact) mass is 400 g/mol. The Bertz CT molecular complexity index is 768. The Morgan fingerprint density at radius 2 is 1.85 bits per heavy atom. The molecule has 9 heteroatoms. The molecule has 0 radical (unpaired) electrons. The molecule has 0 atom stereocenters. The highest BCUT2D eigenvalue weighted by molar-refractivity contribution is 7.18. The first-order chi connectivity index (χ1) is 13.0. The highest BCUT2D eigenvalue weighted by atomic mass is 32.1. The van der Waals surface area contributed by atoms with Crippen LogP contribution in [0.2, 0.25) is 0 Å². The summed E-state index contributed by atoms with van der Waals surface area (Å²) in [6.45, 7) is 6.39. The smallest absolute Gasteiger partial charge is 0.381 e. The van der Waals surface area contributed by atoms with E-state index in [2.05, 4.69) is 19.8 Å². The normalized spacial score (nSPS) is 20.5. The number of thiophene rings is 1. The predicted molar refractivity (Wildman–Crippen MR) is 99.4 cm³/mol. The van der Waals surface area contributed by atoms with Crippen LogP contribution in [0.3, 0.4) is 0 Å². The Morgan fingerprint density at radius 1 is 1.11 bits per heavy atom. The van der Waals surface area contributed by atoms with E-state index in [1.807, 2.05) is 0 Å². The molecule has 27 heavy (non-hydrogen) atoms. The number of ether oxygens (including phenoxy) is 1. The van der Waals surface area contributed by atoms with Crippen LogP contribution in [0.4, 0.5) is 19.0 Å². The van der Waals surface area contributed by atoms with E-state index in [-0.39, 0.29) is 4.88 Å². The van der Waals surface area contributed by atoms with Crippen molar-refractivity contribution in [3.63, 3.8) is 0 Å². The van der Waals surface area contributed by atoms with Gasteiger partial charge in [0.05, 0.1) is 11.8 Å². The molecule has 0 amide bonds. The van der Waals surface area contributed by atoms with Crippen LogP contribution in [0.1, 0.15) is 17.7 Å². The van der Waals surface area contributed by atoms with Crippen molar-refractivity contribution in [2.75, 3.05) is 50.8 Å². The van der Waals surface area contributed by atoms with Crippen molar-refractivity contribution < 1.29 is 17.9 Å². The summed E-state index contributed by atoms with van der Waals surface area (Å²) in [4.78, 5) is 14.1. The van der Waals surface area contributed by atoms with Gasteiger partial charge in [-0.1, -0.05) is 0 Å². The number of nitrogens with zero attached hydrogens (tertiary/aromatic N) is 4. The first kappa shape index (κ1) is 18.9. The van der Waals surface area contributed by atoms with Gasteiger partial charge >= 0.3 is 6.18 Å². The summed E-state index contributed by atoms with van der Waals surface area (Å²) in [5.74, 6) is 1.47. The lowest BCUT2D eigenvalue weighted by atomic mass is 9.99. The minimum Gasteiger partial charge on any atom is -0.381 e. The predicted octanol–water partition coefficient (Wildman–Crippen LogP) is 3.34. The molecule has 0 bridgehead atoms. The van der Waals surface area contributed by atoms with Gasteiger partial charge in [-0.25, -0.2) is 9.97 Å². The van der Waals surface area contributed by atoms with Crippen LogP contribution in [-0.2, 0) is 11.2 Å². The number of anilines is 1. The molecule has 0 spiro atoms. The molecule has 0 saturated carbocycles. The highest BCUT2D eigenvalue weighted by Gasteiger charge is 2.29. The quantitative estimate of drug-likeness (QED) is 0.787. The van der Waals surface area contributed by atoms with Crippen LogP contribution in [0, 0.1) is 5.92 Å². The van der Waals surface area contributed by atoms with Crippen molar-refractivity contribution in [2.24, 2.45) is 5.92 Å². The number of alkyl halides is 3. The van der Waals surface area contributed by atoms with Gasteiger partial charge in [-0.05, 0) is 24.8 Å². The molecular weight excluding hydrogens is 377 g/mol. The fourth-order valence-electron chi connectivity index (χ4n) is 3.87. The number of piperazine rings is 1. The van der Waals surface area contributed by atoms with E-state index in [4.69, 9.17) is 4.74 Å². The van der Waals surface area contributed by atoms with E-state index in [1.165, 1.54) is 6.33 Å². The van der Waals surface area contributed by atoms with E-state index >= 15 is 0 Å². The summed E-state index contributed by atoms with van der Waals surface area (Å²) >= 11 is 1.11. The van der Waals surface area contributed by atoms with Crippen LogP contribution in [0.5, 0.6) is 0 Å². The topological polar surface area (TPSA) is 41.5 Å². The Hall–Kier alpha value is -1.45. The summed E-state index contributed by atoms with van der Waals surface area (Å²) < 4.78 is 43.5. The van der Waals surface area contributed by atoms with Crippen molar-refractivity contribution in [2.45, 2.75) is 25.4 Å². The van der Waals surface area contributed by atoms with E-state index in [0.717, 1.165) is 81.3 Å². The molecule has 2 aliphatic heterocycles. The largest absolute Gasteiger partial charge is 0.393 e. The minimum atomic E-state index is -4.20. The maximum absolute atomic E-state index is 12.7. The van der Waals surface area contributed by atoms with Gasteiger partial charge in [-0.2, -0.15) is 13.2 Å². The van der Waals surface area contributed by atoms with Gasteiger partial charge in [0.2, 0.25) is 0 Å².